The minimum atomic E-state index is -3.86. The van der Waals surface area contributed by atoms with Gasteiger partial charge in [0.2, 0.25) is 0 Å². The van der Waals surface area contributed by atoms with Crippen molar-refractivity contribution in [1.29, 1.82) is 0 Å². The molecule has 16 heavy (non-hydrogen) atoms. The highest BCUT2D eigenvalue weighted by molar-refractivity contribution is 9.09. The third kappa shape index (κ3) is 6.29. The molecule has 0 aromatic rings. The summed E-state index contributed by atoms with van der Waals surface area (Å²) in [5, 5.41) is 0.467. The molecule has 0 radical (unpaired) electrons. The van der Waals surface area contributed by atoms with Crippen LogP contribution in [0.2, 0.25) is 0 Å². The van der Waals surface area contributed by atoms with Crippen LogP contribution >= 0.6 is 15.9 Å². The summed E-state index contributed by atoms with van der Waals surface area (Å²) in [4.78, 5) is 10.9. The Morgan fingerprint density at radius 3 is 2.38 bits per heavy atom. The number of hydrogen-bond donors (Lipinski definition) is 2. The van der Waals surface area contributed by atoms with Crippen molar-refractivity contribution >= 4 is 32.2 Å². The lowest BCUT2D eigenvalue weighted by atomic mass is 10.1. The fourth-order valence-corrected chi connectivity index (χ4v) is 3.06. The molecule has 0 aliphatic carbocycles. The highest BCUT2D eigenvalue weighted by Gasteiger charge is 2.21. The van der Waals surface area contributed by atoms with E-state index in [0.29, 0.717) is 5.33 Å². The van der Waals surface area contributed by atoms with Crippen molar-refractivity contribution in [3.05, 3.63) is 0 Å². The summed E-state index contributed by atoms with van der Waals surface area (Å²) in [5.74, 6) is 0.109. The van der Waals surface area contributed by atoms with Gasteiger partial charge < -0.3 is 4.74 Å². The summed E-state index contributed by atoms with van der Waals surface area (Å²) in [6.45, 7) is 5.46. The number of rotatable bonds is 6. The van der Waals surface area contributed by atoms with Gasteiger partial charge in [0.15, 0.2) is 0 Å². The smallest absolute Gasteiger partial charge is 0.421 e. The van der Waals surface area contributed by atoms with Gasteiger partial charge in [-0.1, -0.05) is 29.8 Å². The molecule has 96 valence electrons. The van der Waals surface area contributed by atoms with Gasteiger partial charge in [-0.2, -0.15) is 13.1 Å². The van der Waals surface area contributed by atoms with E-state index in [-0.39, 0.29) is 18.6 Å². The highest BCUT2D eigenvalue weighted by Crippen LogP contribution is 2.05. The molecule has 1 amide bonds. The number of hydrogen-bond acceptors (Lipinski definition) is 4. The Balaban J connectivity index is 4.39. The SMILES string of the molecule is CCOC(=O)NS(=O)(=O)NC(CBr)C(C)C. The zero-order valence-electron chi connectivity index (χ0n) is 9.49. The van der Waals surface area contributed by atoms with Crippen LogP contribution in [0.1, 0.15) is 20.8 Å². The molecule has 0 aliphatic heterocycles. The van der Waals surface area contributed by atoms with Crippen molar-refractivity contribution in [1.82, 2.24) is 9.44 Å². The highest BCUT2D eigenvalue weighted by atomic mass is 79.9. The van der Waals surface area contributed by atoms with Crippen molar-refractivity contribution in [2.75, 3.05) is 11.9 Å². The summed E-state index contributed by atoms with van der Waals surface area (Å²) in [5.41, 5.74) is 0. The fraction of sp³-hybridized carbons (Fsp3) is 0.875. The second kappa shape index (κ2) is 7.08. The van der Waals surface area contributed by atoms with Gasteiger partial charge >= 0.3 is 16.3 Å². The first-order valence-corrected chi connectivity index (χ1v) is 7.45. The van der Waals surface area contributed by atoms with Gasteiger partial charge in [-0.05, 0) is 12.8 Å². The van der Waals surface area contributed by atoms with Crippen LogP contribution in [-0.2, 0) is 14.9 Å². The molecular formula is C8H17BrN2O4S. The lowest BCUT2D eigenvalue weighted by Gasteiger charge is -2.19. The molecular weight excluding hydrogens is 300 g/mol. The summed E-state index contributed by atoms with van der Waals surface area (Å²) < 4.78 is 31.5. The van der Waals surface area contributed by atoms with Crippen LogP contribution in [0.15, 0.2) is 0 Å². The monoisotopic (exact) mass is 316 g/mol. The molecule has 0 aromatic carbocycles. The molecule has 2 N–H and O–H groups in total. The zero-order chi connectivity index (χ0) is 12.8. The minimum Gasteiger partial charge on any atom is -0.449 e. The fourth-order valence-electron chi connectivity index (χ4n) is 0.845. The Morgan fingerprint density at radius 1 is 1.44 bits per heavy atom. The summed E-state index contributed by atoms with van der Waals surface area (Å²) >= 11 is 3.20. The number of amides is 1. The summed E-state index contributed by atoms with van der Waals surface area (Å²) in [7, 11) is -3.86. The molecule has 0 spiro atoms. The molecule has 0 aliphatic rings. The number of carbonyl (C=O) groups excluding carboxylic acids is 1. The number of nitrogens with one attached hydrogen (secondary N) is 2. The first kappa shape index (κ1) is 15.7. The Labute approximate surface area is 104 Å². The van der Waals surface area contributed by atoms with E-state index in [2.05, 4.69) is 25.4 Å². The lowest BCUT2D eigenvalue weighted by molar-refractivity contribution is 0.158. The van der Waals surface area contributed by atoms with E-state index in [1.807, 2.05) is 13.8 Å². The molecule has 0 saturated carbocycles. The molecule has 6 nitrogen and oxygen atoms in total. The van der Waals surface area contributed by atoms with E-state index in [1.165, 1.54) is 0 Å². The molecule has 0 aromatic heterocycles. The van der Waals surface area contributed by atoms with Gasteiger partial charge in [-0.25, -0.2) is 9.52 Å². The van der Waals surface area contributed by atoms with E-state index >= 15 is 0 Å². The van der Waals surface area contributed by atoms with Gasteiger partial charge in [-0.3, -0.25) is 0 Å². The van der Waals surface area contributed by atoms with Crippen LogP contribution in [-0.4, -0.2) is 32.5 Å². The van der Waals surface area contributed by atoms with Crippen molar-refractivity contribution in [3.63, 3.8) is 0 Å². The molecule has 1 unspecified atom stereocenters. The Bertz CT molecular complexity index is 318. The number of ether oxygens (including phenoxy) is 1. The van der Waals surface area contributed by atoms with Crippen molar-refractivity contribution in [3.8, 4) is 0 Å². The number of alkyl halides is 1. The molecule has 0 fully saturated rings. The van der Waals surface area contributed by atoms with Gasteiger partial charge in [0, 0.05) is 11.4 Å². The molecule has 8 heteroatoms. The predicted octanol–water partition coefficient (Wildman–Crippen LogP) is 0.986. The van der Waals surface area contributed by atoms with Gasteiger partial charge in [-0.15, -0.1) is 0 Å². The van der Waals surface area contributed by atoms with E-state index < -0.39 is 16.3 Å². The minimum absolute atomic E-state index is 0.109. The van der Waals surface area contributed by atoms with Crippen LogP contribution in [0.3, 0.4) is 0 Å². The average Bonchev–Trinajstić information content (AvgIpc) is 2.13. The first-order chi connectivity index (χ1) is 7.32. The molecule has 0 heterocycles. The quantitative estimate of drug-likeness (QED) is 0.716. The maximum absolute atomic E-state index is 11.4. The van der Waals surface area contributed by atoms with Gasteiger partial charge in [0.25, 0.3) is 0 Å². The van der Waals surface area contributed by atoms with Crippen LogP contribution in [0.25, 0.3) is 0 Å². The maximum atomic E-state index is 11.4. The topological polar surface area (TPSA) is 84.5 Å². The molecule has 1 atom stereocenters. The average molecular weight is 317 g/mol. The Hall–Kier alpha value is -0.340. The third-order valence-corrected chi connectivity index (χ3v) is 3.52. The molecule has 0 saturated heterocycles. The second-order valence-electron chi connectivity index (χ2n) is 3.45. The first-order valence-electron chi connectivity index (χ1n) is 4.85. The van der Waals surface area contributed by atoms with E-state index in [1.54, 1.807) is 11.6 Å². The predicted molar refractivity (Wildman–Crippen MR) is 64.6 cm³/mol. The Morgan fingerprint density at radius 2 is 2.00 bits per heavy atom. The second-order valence-corrected chi connectivity index (χ2v) is 5.54. The van der Waals surface area contributed by atoms with Crippen molar-refractivity contribution < 1.29 is 17.9 Å². The van der Waals surface area contributed by atoms with Crippen LogP contribution < -0.4 is 9.44 Å². The van der Waals surface area contributed by atoms with Crippen molar-refractivity contribution in [2.24, 2.45) is 5.92 Å². The van der Waals surface area contributed by atoms with Gasteiger partial charge in [0.1, 0.15) is 0 Å². The largest absolute Gasteiger partial charge is 0.449 e. The zero-order valence-corrected chi connectivity index (χ0v) is 11.9. The molecule has 0 bridgehead atoms. The Kier molecular flexibility index (Phi) is 6.93. The maximum Gasteiger partial charge on any atom is 0.421 e. The number of carbonyl (C=O) groups is 1. The van der Waals surface area contributed by atoms with Crippen LogP contribution in [0.4, 0.5) is 4.79 Å². The van der Waals surface area contributed by atoms with Crippen LogP contribution in [0.5, 0.6) is 0 Å². The van der Waals surface area contributed by atoms with E-state index in [4.69, 9.17) is 0 Å². The standard InChI is InChI=1S/C8H17BrN2O4S/c1-4-15-8(12)11-16(13,14)10-7(5-9)6(2)3/h6-7,10H,4-5H2,1-3H3,(H,11,12). The van der Waals surface area contributed by atoms with E-state index in [9.17, 15) is 13.2 Å². The summed E-state index contributed by atoms with van der Waals surface area (Å²) in [6.07, 6.45) is -0.980. The summed E-state index contributed by atoms with van der Waals surface area (Å²) in [6, 6.07) is -0.285. The van der Waals surface area contributed by atoms with Gasteiger partial charge in [0.05, 0.1) is 6.61 Å². The van der Waals surface area contributed by atoms with E-state index in [0.717, 1.165) is 0 Å². The van der Waals surface area contributed by atoms with Crippen LogP contribution in [0, 0.1) is 5.92 Å². The van der Waals surface area contributed by atoms with Crippen molar-refractivity contribution in [2.45, 2.75) is 26.8 Å². The third-order valence-electron chi connectivity index (χ3n) is 1.77. The molecule has 0 rings (SSSR count). The number of halogens is 1. The normalized spacial score (nSPS) is 13.6. The lowest BCUT2D eigenvalue weighted by Crippen LogP contribution is -2.47.